The fraction of sp³-hybridized carbons (Fsp3) is 0.583. The van der Waals surface area contributed by atoms with Crippen LogP contribution in [0.25, 0.3) is 0 Å². The number of hydrogen-bond acceptors (Lipinski definition) is 5. The van der Waals surface area contributed by atoms with E-state index in [0.717, 1.165) is 25.0 Å². The van der Waals surface area contributed by atoms with Gasteiger partial charge < -0.3 is 10.1 Å². The van der Waals surface area contributed by atoms with Crippen LogP contribution in [-0.2, 0) is 4.74 Å². The molecule has 1 N–H and O–H groups in total. The van der Waals surface area contributed by atoms with Gasteiger partial charge in [0.15, 0.2) is 0 Å². The van der Waals surface area contributed by atoms with Gasteiger partial charge in [0, 0.05) is 11.8 Å². The minimum atomic E-state index is -0.400. The first-order valence-corrected chi connectivity index (χ1v) is 6.17. The largest absolute Gasteiger partial charge is 0.373 e. The smallest absolute Gasteiger partial charge is 0.311 e. The number of aromatic nitrogens is 1. The monoisotopic (exact) mass is 249 g/mol. The van der Waals surface area contributed by atoms with Crippen molar-refractivity contribution in [3.63, 3.8) is 0 Å². The second-order valence-electron chi connectivity index (χ2n) is 4.94. The highest BCUT2D eigenvalue weighted by molar-refractivity contribution is 5.56. The van der Waals surface area contributed by atoms with Gasteiger partial charge in [-0.1, -0.05) is 0 Å². The Morgan fingerprint density at radius 3 is 2.94 bits per heavy atom. The molecule has 3 unspecified atom stereocenters. The SMILES string of the molecule is Cc1ccc([N+](=O)[O-])c(NC2CC3CCC2O3)n1. The third-order valence-corrected chi connectivity index (χ3v) is 3.64. The molecule has 6 heteroatoms. The number of hydrogen-bond donors (Lipinski definition) is 1. The van der Waals surface area contributed by atoms with Gasteiger partial charge >= 0.3 is 5.69 Å². The third-order valence-electron chi connectivity index (χ3n) is 3.64. The normalized spacial score (nSPS) is 29.5. The molecule has 18 heavy (non-hydrogen) atoms. The Labute approximate surface area is 105 Å². The highest BCUT2D eigenvalue weighted by Crippen LogP contribution is 2.36. The first kappa shape index (κ1) is 11.4. The summed E-state index contributed by atoms with van der Waals surface area (Å²) in [4.78, 5) is 14.8. The number of ether oxygens (including phenoxy) is 1. The number of anilines is 1. The van der Waals surface area contributed by atoms with E-state index in [-0.39, 0.29) is 17.8 Å². The highest BCUT2D eigenvalue weighted by Gasteiger charge is 2.41. The molecule has 6 nitrogen and oxygen atoms in total. The van der Waals surface area contributed by atoms with E-state index in [1.165, 1.54) is 6.07 Å². The second-order valence-corrected chi connectivity index (χ2v) is 4.94. The van der Waals surface area contributed by atoms with Gasteiger partial charge in [0.2, 0.25) is 5.82 Å². The van der Waals surface area contributed by atoms with Crippen molar-refractivity contribution in [2.75, 3.05) is 5.32 Å². The van der Waals surface area contributed by atoms with Crippen molar-refractivity contribution in [1.82, 2.24) is 4.98 Å². The van der Waals surface area contributed by atoms with Gasteiger partial charge in [0.25, 0.3) is 0 Å². The fourth-order valence-corrected chi connectivity index (χ4v) is 2.77. The summed E-state index contributed by atoms with van der Waals surface area (Å²) < 4.78 is 5.73. The van der Waals surface area contributed by atoms with Crippen LogP contribution >= 0.6 is 0 Å². The molecule has 0 spiro atoms. The highest BCUT2D eigenvalue weighted by atomic mass is 16.6. The predicted octanol–water partition coefficient (Wildman–Crippen LogP) is 2.03. The molecule has 2 aliphatic heterocycles. The van der Waals surface area contributed by atoms with Gasteiger partial charge in [-0.05, 0) is 32.3 Å². The van der Waals surface area contributed by atoms with E-state index < -0.39 is 4.92 Å². The van der Waals surface area contributed by atoms with Gasteiger partial charge in [-0.15, -0.1) is 0 Å². The van der Waals surface area contributed by atoms with Crippen LogP contribution in [0.5, 0.6) is 0 Å². The van der Waals surface area contributed by atoms with Crippen molar-refractivity contribution < 1.29 is 9.66 Å². The number of nitro groups is 1. The summed E-state index contributed by atoms with van der Waals surface area (Å²) in [5, 5.41) is 14.1. The Morgan fingerprint density at radius 2 is 2.33 bits per heavy atom. The van der Waals surface area contributed by atoms with E-state index in [1.54, 1.807) is 6.07 Å². The molecule has 1 aromatic rings. The second kappa shape index (κ2) is 4.20. The summed E-state index contributed by atoms with van der Waals surface area (Å²) in [6, 6.07) is 3.30. The lowest BCUT2D eigenvalue weighted by atomic mass is 9.95. The molecule has 2 aliphatic rings. The summed E-state index contributed by atoms with van der Waals surface area (Å²) in [5.74, 6) is 0.362. The van der Waals surface area contributed by atoms with Crippen molar-refractivity contribution in [3.8, 4) is 0 Å². The van der Waals surface area contributed by atoms with Crippen LogP contribution in [-0.4, -0.2) is 28.2 Å². The molecular weight excluding hydrogens is 234 g/mol. The van der Waals surface area contributed by atoms with Crippen LogP contribution in [0.15, 0.2) is 12.1 Å². The fourth-order valence-electron chi connectivity index (χ4n) is 2.77. The Bertz CT molecular complexity index is 491. The van der Waals surface area contributed by atoms with Gasteiger partial charge in [0.1, 0.15) is 0 Å². The summed E-state index contributed by atoms with van der Waals surface area (Å²) in [7, 11) is 0. The van der Waals surface area contributed by atoms with Gasteiger partial charge in [-0.2, -0.15) is 0 Å². The van der Waals surface area contributed by atoms with Crippen LogP contribution < -0.4 is 5.32 Å². The Morgan fingerprint density at radius 1 is 1.50 bits per heavy atom. The molecule has 96 valence electrons. The molecule has 2 bridgehead atoms. The lowest BCUT2D eigenvalue weighted by Gasteiger charge is -2.20. The minimum absolute atomic E-state index is 0.0309. The molecule has 0 amide bonds. The maximum Gasteiger partial charge on any atom is 0.311 e. The molecule has 0 radical (unpaired) electrons. The zero-order valence-electron chi connectivity index (χ0n) is 10.1. The molecular formula is C12H15N3O3. The standard InChI is InChI=1S/C12H15N3O3/c1-7-2-4-10(15(16)17)12(13-7)14-9-6-8-3-5-11(9)18-8/h2,4,8-9,11H,3,5-6H2,1H3,(H,13,14). The number of rotatable bonds is 3. The van der Waals surface area contributed by atoms with E-state index in [1.807, 2.05) is 6.92 Å². The maximum absolute atomic E-state index is 11.0. The van der Waals surface area contributed by atoms with Crippen LogP contribution in [0, 0.1) is 17.0 Å². The molecule has 1 aromatic heterocycles. The number of nitrogens with zero attached hydrogens (tertiary/aromatic N) is 2. The molecule has 3 rings (SSSR count). The summed E-state index contributed by atoms with van der Waals surface area (Å²) >= 11 is 0. The van der Waals surface area contributed by atoms with Crippen molar-refractivity contribution in [3.05, 3.63) is 27.9 Å². The number of aryl methyl sites for hydroxylation is 1. The lowest BCUT2D eigenvalue weighted by molar-refractivity contribution is -0.384. The molecule has 0 aliphatic carbocycles. The van der Waals surface area contributed by atoms with Crippen molar-refractivity contribution in [1.29, 1.82) is 0 Å². The average Bonchev–Trinajstić information content (AvgIpc) is 2.90. The van der Waals surface area contributed by atoms with Gasteiger partial charge in [0.05, 0.1) is 23.2 Å². The van der Waals surface area contributed by atoms with Crippen LogP contribution in [0.2, 0.25) is 0 Å². The first-order valence-electron chi connectivity index (χ1n) is 6.17. The van der Waals surface area contributed by atoms with Crippen molar-refractivity contribution in [2.24, 2.45) is 0 Å². The van der Waals surface area contributed by atoms with Crippen LogP contribution in [0.1, 0.15) is 25.0 Å². The predicted molar refractivity (Wildman–Crippen MR) is 65.6 cm³/mol. The summed E-state index contributed by atoms with van der Waals surface area (Å²) in [6.45, 7) is 1.83. The topological polar surface area (TPSA) is 77.3 Å². The Balaban J connectivity index is 1.83. The summed E-state index contributed by atoms with van der Waals surface area (Å²) in [5.41, 5.74) is 0.801. The number of nitrogens with one attached hydrogen (secondary N) is 1. The van der Waals surface area contributed by atoms with Crippen molar-refractivity contribution in [2.45, 2.75) is 44.4 Å². The van der Waals surface area contributed by atoms with Gasteiger partial charge in [-0.3, -0.25) is 10.1 Å². The average molecular weight is 249 g/mol. The molecule has 3 heterocycles. The third kappa shape index (κ3) is 1.92. The molecule has 0 saturated carbocycles. The molecule has 2 fully saturated rings. The quantitative estimate of drug-likeness (QED) is 0.655. The Hall–Kier alpha value is -1.69. The minimum Gasteiger partial charge on any atom is -0.373 e. The Kier molecular flexibility index (Phi) is 2.66. The van der Waals surface area contributed by atoms with E-state index in [4.69, 9.17) is 4.74 Å². The maximum atomic E-state index is 11.0. The van der Waals surface area contributed by atoms with E-state index in [2.05, 4.69) is 10.3 Å². The lowest BCUT2D eigenvalue weighted by Crippen LogP contribution is -2.31. The molecule has 2 saturated heterocycles. The van der Waals surface area contributed by atoms with Gasteiger partial charge in [-0.25, -0.2) is 4.98 Å². The number of fused-ring (bicyclic) bond motifs is 2. The van der Waals surface area contributed by atoms with E-state index >= 15 is 0 Å². The first-order chi connectivity index (χ1) is 8.63. The molecule has 3 atom stereocenters. The number of pyridine rings is 1. The zero-order chi connectivity index (χ0) is 12.7. The van der Waals surface area contributed by atoms with Crippen LogP contribution in [0.4, 0.5) is 11.5 Å². The molecule has 0 aromatic carbocycles. The summed E-state index contributed by atoms with van der Waals surface area (Å²) in [6.07, 6.45) is 3.54. The van der Waals surface area contributed by atoms with E-state index in [0.29, 0.717) is 11.9 Å². The van der Waals surface area contributed by atoms with E-state index in [9.17, 15) is 10.1 Å². The van der Waals surface area contributed by atoms with Crippen molar-refractivity contribution >= 4 is 11.5 Å². The van der Waals surface area contributed by atoms with Crippen LogP contribution in [0.3, 0.4) is 0 Å². The zero-order valence-corrected chi connectivity index (χ0v) is 10.1.